The molecule has 1 aliphatic carbocycles. The molecule has 0 aliphatic heterocycles. The largest absolute Gasteiger partial charge is 0.330 e. The van der Waals surface area contributed by atoms with Crippen molar-refractivity contribution in [3.05, 3.63) is 47.3 Å². The number of nitrogens with two attached hydrogens (primary N) is 1. The smallest absolute Gasteiger partial charge is 0.0651 e. The first-order chi connectivity index (χ1) is 8.78. The molecule has 0 saturated heterocycles. The summed E-state index contributed by atoms with van der Waals surface area (Å²) in [5.74, 6) is 0.632. The molecule has 0 bridgehead atoms. The van der Waals surface area contributed by atoms with Crippen molar-refractivity contribution in [2.24, 2.45) is 11.7 Å². The molecule has 1 heterocycles. The van der Waals surface area contributed by atoms with Gasteiger partial charge in [-0.15, -0.1) is 0 Å². The van der Waals surface area contributed by atoms with Crippen LogP contribution >= 0.6 is 0 Å². The SMILES string of the molecule is Cc1cccc(-n2ncc3c2CCC(CN)C3)c1. The molecule has 1 unspecified atom stereocenters. The van der Waals surface area contributed by atoms with Crippen molar-refractivity contribution in [1.82, 2.24) is 9.78 Å². The van der Waals surface area contributed by atoms with Gasteiger partial charge in [-0.1, -0.05) is 12.1 Å². The number of rotatable bonds is 2. The lowest BCUT2D eigenvalue weighted by Gasteiger charge is -2.21. The number of benzene rings is 1. The maximum absolute atomic E-state index is 5.77. The van der Waals surface area contributed by atoms with Gasteiger partial charge in [0.05, 0.1) is 11.9 Å². The normalized spacial score (nSPS) is 18.7. The van der Waals surface area contributed by atoms with Gasteiger partial charge in [0.2, 0.25) is 0 Å². The number of hydrogen-bond donors (Lipinski definition) is 1. The second-order valence-electron chi connectivity index (χ2n) is 5.21. The molecule has 1 aromatic heterocycles. The summed E-state index contributed by atoms with van der Waals surface area (Å²) in [6.07, 6.45) is 5.36. The fraction of sp³-hybridized carbons (Fsp3) is 0.400. The van der Waals surface area contributed by atoms with Gasteiger partial charge in [-0.05, 0) is 61.9 Å². The highest BCUT2D eigenvalue weighted by Crippen LogP contribution is 2.26. The highest BCUT2D eigenvalue weighted by atomic mass is 15.3. The average Bonchev–Trinajstić information content (AvgIpc) is 2.81. The molecule has 1 atom stereocenters. The zero-order valence-electron chi connectivity index (χ0n) is 10.8. The predicted molar refractivity (Wildman–Crippen MR) is 72.9 cm³/mol. The Morgan fingerprint density at radius 1 is 1.44 bits per heavy atom. The highest BCUT2D eigenvalue weighted by Gasteiger charge is 2.21. The third-order valence-electron chi connectivity index (χ3n) is 3.83. The lowest BCUT2D eigenvalue weighted by atomic mass is 9.88. The fourth-order valence-corrected chi connectivity index (χ4v) is 2.78. The quantitative estimate of drug-likeness (QED) is 0.876. The maximum Gasteiger partial charge on any atom is 0.0651 e. The second-order valence-corrected chi connectivity index (χ2v) is 5.21. The zero-order chi connectivity index (χ0) is 12.5. The van der Waals surface area contributed by atoms with Crippen LogP contribution in [0.3, 0.4) is 0 Å². The third kappa shape index (κ3) is 1.95. The molecule has 0 amide bonds. The van der Waals surface area contributed by atoms with E-state index in [0.717, 1.165) is 19.4 Å². The van der Waals surface area contributed by atoms with E-state index in [0.29, 0.717) is 5.92 Å². The number of fused-ring (bicyclic) bond motifs is 1. The molecule has 0 saturated carbocycles. The Labute approximate surface area is 108 Å². The number of aryl methyl sites for hydroxylation is 1. The van der Waals surface area contributed by atoms with Crippen LogP contribution < -0.4 is 5.73 Å². The van der Waals surface area contributed by atoms with E-state index in [1.165, 1.54) is 28.9 Å². The molecule has 1 aliphatic rings. The summed E-state index contributed by atoms with van der Waals surface area (Å²) < 4.78 is 2.09. The first-order valence-corrected chi connectivity index (χ1v) is 6.61. The van der Waals surface area contributed by atoms with Crippen LogP contribution in [0.1, 0.15) is 23.2 Å². The van der Waals surface area contributed by atoms with Gasteiger partial charge < -0.3 is 5.73 Å². The predicted octanol–water partition coefficient (Wildman–Crippen LogP) is 2.24. The molecule has 3 nitrogen and oxygen atoms in total. The minimum absolute atomic E-state index is 0.632. The van der Waals surface area contributed by atoms with E-state index in [2.05, 4.69) is 41.0 Å². The Kier molecular flexibility index (Phi) is 2.92. The minimum Gasteiger partial charge on any atom is -0.330 e. The van der Waals surface area contributed by atoms with Gasteiger partial charge >= 0.3 is 0 Å². The summed E-state index contributed by atoms with van der Waals surface area (Å²) in [7, 11) is 0. The van der Waals surface area contributed by atoms with Gasteiger partial charge in [0.1, 0.15) is 0 Å². The van der Waals surface area contributed by atoms with Crippen molar-refractivity contribution < 1.29 is 0 Å². The second kappa shape index (κ2) is 4.58. The Bertz CT molecular complexity index is 557. The molecule has 18 heavy (non-hydrogen) atoms. The van der Waals surface area contributed by atoms with Gasteiger partial charge in [0, 0.05) is 5.69 Å². The van der Waals surface area contributed by atoms with E-state index in [1.807, 2.05) is 6.20 Å². The number of aromatic nitrogens is 2. The van der Waals surface area contributed by atoms with Gasteiger partial charge in [-0.2, -0.15) is 5.10 Å². The van der Waals surface area contributed by atoms with Gasteiger partial charge in [-0.25, -0.2) is 4.68 Å². The molecule has 94 valence electrons. The standard InChI is InChI=1S/C15H19N3/c1-11-3-2-4-14(7-11)18-15-6-5-12(9-16)8-13(15)10-17-18/h2-4,7,10,12H,5-6,8-9,16H2,1H3. The molecular weight excluding hydrogens is 222 g/mol. The molecule has 3 heteroatoms. The monoisotopic (exact) mass is 241 g/mol. The van der Waals surface area contributed by atoms with Gasteiger partial charge in [0.25, 0.3) is 0 Å². The van der Waals surface area contributed by atoms with Gasteiger partial charge in [-0.3, -0.25) is 0 Å². The van der Waals surface area contributed by atoms with Crippen molar-refractivity contribution in [3.63, 3.8) is 0 Å². The summed E-state index contributed by atoms with van der Waals surface area (Å²) in [4.78, 5) is 0. The van der Waals surface area contributed by atoms with E-state index in [9.17, 15) is 0 Å². The van der Waals surface area contributed by atoms with Crippen LogP contribution in [0.4, 0.5) is 0 Å². The molecule has 2 N–H and O–H groups in total. The summed E-state index contributed by atoms with van der Waals surface area (Å²) in [6, 6.07) is 8.51. The van der Waals surface area contributed by atoms with Crippen LogP contribution in [0.5, 0.6) is 0 Å². The van der Waals surface area contributed by atoms with E-state index in [1.54, 1.807) is 0 Å². The number of hydrogen-bond acceptors (Lipinski definition) is 2. The average molecular weight is 241 g/mol. The Morgan fingerprint density at radius 3 is 3.11 bits per heavy atom. The summed E-state index contributed by atoms with van der Waals surface area (Å²) >= 11 is 0. The molecular formula is C15H19N3. The van der Waals surface area contributed by atoms with Crippen LogP contribution in [0.25, 0.3) is 5.69 Å². The van der Waals surface area contributed by atoms with Crippen molar-refractivity contribution in [2.75, 3.05) is 6.54 Å². The third-order valence-corrected chi connectivity index (χ3v) is 3.83. The summed E-state index contributed by atoms with van der Waals surface area (Å²) in [6.45, 7) is 2.90. The van der Waals surface area contributed by atoms with Crippen molar-refractivity contribution >= 4 is 0 Å². The van der Waals surface area contributed by atoms with E-state index < -0.39 is 0 Å². The lowest BCUT2D eigenvalue weighted by Crippen LogP contribution is -2.22. The summed E-state index contributed by atoms with van der Waals surface area (Å²) in [5, 5.41) is 4.55. The zero-order valence-corrected chi connectivity index (χ0v) is 10.8. The van der Waals surface area contributed by atoms with Crippen LogP contribution in [-0.2, 0) is 12.8 Å². The topological polar surface area (TPSA) is 43.8 Å². The molecule has 2 aromatic rings. The molecule has 0 spiro atoms. The fourth-order valence-electron chi connectivity index (χ4n) is 2.78. The molecule has 3 rings (SSSR count). The molecule has 0 fully saturated rings. The molecule has 0 radical (unpaired) electrons. The van der Waals surface area contributed by atoms with Crippen molar-refractivity contribution in [3.8, 4) is 5.69 Å². The van der Waals surface area contributed by atoms with E-state index in [4.69, 9.17) is 5.73 Å². The summed E-state index contributed by atoms with van der Waals surface area (Å²) in [5.41, 5.74) is 10.9. The maximum atomic E-state index is 5.77. The molecule has 1 aromatic carbocycles. The van der Waals surface area contributed by atoms with Crippen LogP contribution in [0.15, 0.2) is 30.5 Å². The lowest BCUT2D eigenvalue weighted by molar-refractivity contribution is 0.462. The number of nitrogens with zero attached hydrogens (tertiary/aromatic N) is 2. The van der Waals surface area contributed by atoms with E-state index in [-0.39, 0.29) is 0 Å². The highest BCUT2D eigenvalue weighted by molar-refractivity contribution is 5.38. The van der Waals surface area contributed by atoms with Gasteiger partial charge in [0.15, 0.2) is 0 Å². The Morgan fingerprint density at radius 2 is 2.33 bits per heavy atom. The Balaban J connectivity index is 1.98. The van der Waals surface area contributed by atoms with E-state index >= 15 is 0 Å². The first kappa shape index (κ1) is 11.5. The minimum atomic E-state index is 0.632. The van der Waals surface area contributed by atoms with Crippen LogP contribution in [-0.4, -0.2) is 16.3 Å². The van der Waals surface area contributed by atoms with Crippen molar-refractivity contribution in [2.45, 2.75) is 26.2 Å². The van der Waals surface area contributed by atoms with Crippen molar-refractivity contribution in [1.29, 1.82) is 0 Å². The Hall–Kier alpha value is -1.61. The van der Waals surface area contributed by atoms with Crippen LogP contribution in [0, 0.1) is 12.8 Å². The first-order valence-electron chi connectivity index (χ1n) is 6.61. The van der Waals surface area contributed by atoms with Crippen LogP contribution in [0.2, 0.25) is 0 Å².